The number of rotatable bonds is 5. The molecule has 0 radical (unpaired) electrons. The fraction of sp³-hybridized carbons (Fsp3) is 0.529. The van der Waals surface area contributed by atoms with Gasteiger partial charge < -0.3 is 4.90 Å². The third kappa shape index (κ3) is 2.85. The minimum Gasteiger partial charge on any atom is -0.311 e. The Kier molecular flexibility index (Phi) is 4.79. The molecule has 2 rings (SSSR count). The molecule has 0 heterocycles. The molecule has 0 bridgehead atoms. The van der Waals surface area contributed by atoms with Gasteiger partial charge in [0.25, 0.3) is 0 Å². The third-order valence-corrected chi connectivity index (χ3v) is 4.13. The van der Waals surface area contributed by atoms with E-state index in [2.05, 4.69) is 13.0 Å². The molecular weight excluding hydrogens is 248 g/mol. The van der Waals surface area contributed by atoms with E-state index in [1.807, 2.05) is 35.2 Å². The summed E-state index contributed by atoms with van der Waals surface area (Å²) in [5, 5.41) is 9.51. The van der Waals surface area contributed by atoms with Crippen molar-refractivity contribution in [3.8, 4) is 6.07 Å². The smallest absolute Gasteiger partial charge is 0.247 e. The van der Waals surface area contributed by atoms with Crippen molar-refractivity contribution in [3.63, 3.8) is 0 Å². The second kappa shape index (κ2) is 6.56. The average Bonchev–Trinajstić information content (AvgIpc) is 2.98. The summed E-state index contributed by atoms with van der Waals surface area (Å²) in [6.07, 6.45) is 5.37. The largest absolute Gasteiger partial charge is 0.311 e. The molecule has 1 aliphatic carbocycles. The van der Waals surface area contributed by atoms with Gasteiger partial charge in [-0.25, -0.2) is 0 Å². The highest BCUT2D eigenvalue weighted by Crippen LogP contribution is 2.40. The van der Waals surface area contributed by atoms with E-state index in [4.69, 9.17) is 0 Å². The minimum atomic E-state index is -0.788. The molecule has 0 N–H and O–H groups in total. The van der Waals surface area contributed by atoms with Crippen molar-refractivity contribution in [1.82, 2.24) is 0 Å². The Morgan fingerprint density at radius 2 is 1.95 bits per heavy atom. The van der Waals surface area contributed by atoms with Crippen LogP contribution >= 0.6 is 0 Å². The van der Waals surface area contributed by atoms with Crippen LogP contribution in [0.25, 0.3) is 0 Å². The fourth-order valence-corrected chi connectivity index (χ4v) is 2.88. The van der Waals surface area contributed by atoms with Crippen LogP contribution in [0.3, 0.4) is 0 Å². The number of carbonyl (C=O) groups excluding carboxylic acids is 1. The summed E-state index contributed by atoms with van der Waals surface area (Å²) in [7, 11) is 0. The summed E-state index contributed by atoms with van der Waals surface area (Å²) in [6, 6.07) is 12.0. The molecule has 3 nitrogen and oxygen atoms in total. The highest BCUT2D eigenvalue weighted by molar-refractivity contribution is 5.99. The van der Waals surface area contributed by atoms with Gasteiger partial charge in [-0.15, -0.1) is 0 Å². The summed E-state index contributed by atoms with van der Waals surface area (Å²) in [5.41, 5.74) is 0.122. The molecule has 0 unspecified atom stereocenters. The van der Waals surface area contributed by atoms with E-state index < -0.39 is 5.41 Å². The van der Waals surface area contributed by atoms with Crippen molar-refractivity contribution in [1.29, 1.82) is 5.26 Å². The molecule has 0 saturated heterocycles. The molecule has 0 spiro atoms. The van der Waals surface area contributed by atoms with Gasteiger partial charge >= 0.3 is 0 Å². The lowest BCUT2D eigenvalue weighted by Crippen LogP contribution is -2.42. The topological polar surface area (TPSA) is 44.1 Å². The predicted octanol–water partition coefficient (Wildman–Crippen LogP) is 3.90. The first kappa shape index (κ1) is 14.6. The van der Waals surface area contributed by atoms with E-state index in [1.54, 1.807) is 0 Å². The molecule has 106 valence electrons. The Morgan fingerprint density at radius 3 is 2.50 bits per heavy atom. The molecule has 1 aromatic carbocycles. The van der Waals surface area contributed by atoms with Crippen LogP contribution in [0.4, 0.5) is 5.69 Å². The maximum absolute atomic E-state index is 12.9. The molecule has 1 amide bonds. The van der Waals surface area contributed by atoms with E-state index in [9.17, 15) is 10.1 Å². The monoisotopic (exact) mass is 270 g/mol. The van der Waals surface area contributed by atoms with Crippen molar-refractivity contribution in [2.45, 2.75) is 45.4 Å². The van der Waals surface area contributed by atoms with Gasteiger partial charge in [0.1, 0.15) is 5.41 Å². The van der Waals surface area contributed by atoms with Gasteiger partial charge in [0.15, 0.2) is 0 Å². The number of anilines is 1. The third-order valence-electron chi connectivity index (χ3n) is 4.13. The first-order valence-electron chi connectivity index (χ1n) is 7.52. The second-order valence-corrected chi connectivity index (χ2v) is 5.55. The van der Waals surface area contributed by atoms with Crippen molar-refractivity contribution >= 4 is 11.6 Å². The molecule has 1 saturated carbocycles. The molecule has 0 aliphatic heterocycles. The van der Waals surface area contributed by atoms with Crippen molar-refractivity contribution in [2.75, 3.05) is 11.4 Å². The van der Waals surface area contributed by atoms with E-state index in [-0.39, 0.29) is 5.91 Å². The summed E-state index contributed by atoms with van der Waals surface area (Å²) in [4.78, 5) is 14.7. The number of nitrogens with zero attached hydrogens (tertiary/aromatic N) is 2. The van der Waals surface area contributed by atoms with Crippen molar-refractivity contribution < 1.29 is 4.79 Å². The highest BCUT2D eigenvalue weighted by Gasteiger charge is 2.44. The zero-order valence-corrected chi connectivity index (χ0v) is 12.1. The van der Waals surface area contributed by atoms with Gasteiger partial charge in [0.05, 0.1) is 6.07 Å². The maximum Gasteiger partial charge on any atom is 0.247 e. The summed E-state index contributed by atoms with van der Waals surface area (Å²) in [6.45, 7) is 2.81. The highest BCUT2D eigenvalue weighted by atomic mass is 16.2. The number of hydrogen-bond donors (Lipinski definition) is 0. The first-order valence-corrected chi connectivity index (χ1v) is 7.52. The Balaban J connectivity index is 2.27. The van der Waals surface area contributed by atoms with E-state index in [1.165, 1.54) is 0 Å². The lowest BCUT2D eigenvalue weighted by atomic mass is 9.86. The Labute approximate surface area is 121 Å². The molecule has 1 aromatic rings. The SMILES string of the molecule is CCCCN(C(=O)C1(C#N)CCCC1)c1ccccc1. The summed E-state index contributed by atoms with van der Waals surface area (Å²) in [5.74, 6) is -0.00264. The number of hydrogen-bond acceptors (Lipinski definition) is 2. The molecule has 3 heteroatoms. The lowest BCUT2D eigenvalue weighted by molar-refractivity contribution is -0.125. The maximum atomic E-state index is 12.9. The van der Waals surface area contributed by atoms with Crippen LogP contribution in [0.1, 0.15) is 45.4 Å². The van der Waals surface area contributed by atoms with Gasteiger partial charge in [-0.05, 0) is 31.4 Å². The van der Waals surface area contributed by atoms with Gasteiger partial charge in [-0.3, -0.25) is 4.79 Å². The molecule has 0 aromatic heterocycles. The normalized spacial score (nSPS) is 16.6. The van der Waals surface area contributed by atoms with Gasteiger partial charge in [0.2, 0.25) is 5.91 Å². The summed E-state index contributed by atoms with van der Waals surface area (Å²) >= 11 is 0. The quantitative estimate of drug-likeness (QED) is 0.814. The van der Waals surface area contributed by atoms with Gasteiger partial charge in [-0.2, -0.15) is 5.26 Å². The fourth-order valence-electron chi connectivity index (χ4n) is 2.88. The Morgan fingerprint density at radius 1 is 1.30 bits per heavy atom. The zero-order chi connectivity index (χ0) is 14.4. The number of unbranched alkanes of at least 4 members (excludes halogenated alkanes) is 1. The van der Waals surface area contributed by atoms with Crippen LogP contribution in [-0.2, 0) is 4.79 Å². The van der Waals surface area contributed by atoms with E-state index in [0.29, 0.717) is 19.4 Å². The Bertz CT molecular complexity index is 483. The average molecular weight is 270 g/mol. The number of para-hydroxylation sites is 1. The zero-order valence-electron chi connectivity index (χ0n) is 12.1. The van der Waals surface area contributed by atoms with Gasteiger partial charge in [-0.1, -0.05) is 44.4 Å². The number of nitriles is 1. The van der Waals surface area contributed by atoms with Gasteiger partial charge in [0, 0.05) is 12.2 Å². The van der Waals surface area contributed by atoms with Crippen LogP contribution in [0, 0.1) is 16.7 Å². The molecular formula is C17H22N2O. The van der Waals surface area contributed by atoms with Crippen LogP contribution < -0.4 is 4.90 Å². The molecule has 0 atom stereocenters. The molecule has 1 aliphatic rings. The standard InChI is InChI=1S/C17H22N2O/c1-2-3-13-19(15-9-5-4-6-10-15)16(20)17(14-18)11-7-8-12-17/h4-6,9-10H,2-3,7-8,11-13H2,1H3. The lowest BCUT2D eigenvalue weighted by Gasteiger charge is -2.30. The van der Waals surface area contributed by atoms with E-state index in [0.717, 1.165) is 31.4 Å². The molecule has 1 fully saturated rings. The number of amides is 1. The number of carbonyl (C=O) groups is 1. The Hall–Kier alpha value is -1.82. The second-order valence-electron chi connectivity index (χ2n) is 5.55. The predicted molar refractivity (Wildman–Crippen MR) is 80.2 cm³/mol. The van der Waals surface area contributed by atoms with E-state index >= 15 is 0 Å². The van der Waals surface area contributed by atoms with Crippen LogP contribution in [0.15, 0.2) is 30.3 Å². The van der Waals surface area contributed by atoms with Crippen LogP contribution in [-0.4, -0.2) is 12.5 Å². The number of benzene rings is 1. The minimum absolute atomic E-state index is 0.00264. The van der Waals surface area contributed by atoms with Crippen LogP contribution in [0.5, 0.6) is 0 Å². The van der Waals surface area contributed by atoms with Crippen LogP contribution in [0.2, 0.25) is 0 Å². The molecule has 20 heavy (non-hydrogen) atoms. The van der Waals surface area contributed by atoms with Crippen molar-refractivity contribution in [3.05, 3.63) is 30.3 Å². The summed E-state index contributed by atoms with van der Waals surface area (Å²) < 4.78 is 0. The first-order chi connectivity index (χ1) is 9.73. The van der Waals surface area contributed by atoms with Crippen molar-refractivity contribution in [2.24, 2.45) is 5.41 Å².